The lowest BCUT2D eigenvalue weighted by atomic mass is 10.1. The molecule has 0 N–H and O–H groups in total. The molecule has 2 aliphatic rings. The molecular weight excluding hydrogens is 169 g/mol. The monoisotopic (exact) mass is 179 g/mol. The van der Waals surface area contributed by atoms with E-state index >= 15 is 0 Å². The Labute approximate surface area is 76.3 Å². The Morgan fingerprint density at radius 1 is 1.62 bits per heavy atom. The highest BCUT2D eigenvalue weighted by molar-refractivity contribution is 5.31. The lowest BCUT2D eigenvalue weighted by molar-refractivity contribution is 0.361. The van der Waals surface area contributed by atoms with E-state index in [0.29, 0.717) is 6.61 Å². The lowest BCUT2D eigenvalue weighted by Gasteiger charge is -2.02. The normalized spacial score (nSPS) is 37.5. The number of nitrogens with zero attached hydrogens (tertiary/aromatic N) is 1. The molecule has 1 heterocycles. The van der Waals surface area contributed by atoms with Crippen LogP contribution in [0.15, 0.2) is 23.8 Å². The zero-order chi connectivity index (χ0) is 9.26. The molecular formula is C10H10FNO. The lowest BCUT2D eigenvalue weighted by Crippen LogP contribution is -2.02. The number of epoxide rings is 1. The molecule has 2 nitrogen and oxygen atoms in total. The van der Waals surface area contributed by atoms with Gasteiger partial charge in [0.1, 0.15) is 12.3 Å². The van der Waals surface area contributed by atoms with Crippen molar-refractivity contribution in [2.24, 2.45) is 5.92 Å². The smallest absolute Gasteiger partial charge is 0.120 e. The molecule has 0 spiro atoms. The average molecular weight is 179 g/mol. The Hall–Kier alpha value is -1.14. The van der Waals surface area contributed by atoms with Crippen molar-refractivity contribution in [1.29, 1.82) is 5.26 Å². The van der Waals surface area contributed by atoms with E-state index in [4.69, 9.17) is 10.00 Å². The summed E-state index contributed by atoms with van der Waals surface area (Å²) in [5, 5.41) is 8.65. The number of ether oxygens (including phenoxy) is 1. The van der Waals surface area contributed by atoms with Gasteiger partial charge in [-0.3, -0.25) is 0 Å². The maximum absolute atomic E-state index is 13.2. The van der Waals surface area contributed by atoms with Crippen LogP contribution < -0.4 is 0 Å². The van der Waals surface area contributed by atoms with E-state index in [1.54, 1.807) is 12.2 Å². The third-order valence-corrected chi connectivity index (χ3v) is 2.24. The Bertz CT molecular complexity index is 299. The van der Waals surface area contributed by atoms with E-state index in [1.165, 1.54) is 0 Å². The van der Waals surface area contributed by atoms with E-state index in [9.17, 15) is 4.39 Å². The maximum Gasteiger partial charge on any atom is 0.120 e. The van der Waals surface area contributed by atoms with Gasteiger partial charge in [0.05, 0.1) is 18.6 Å². The van der Waals surface area contributed by atoms with Crippen molar-refractivity contribution < 1.29 is 9.13 Å². The highest BCUT2D eigenvalue weighted by Gasteiger charge is 2.28. The second-order valence-corrected chi connectivity index (χ2v) is 3.34. The van der Waals surface area contributed by atoms with Crippen molar-refractivity contribution in [1.82, 2.24) is 0 Å². The summed E-state index contributed by atoms with van der Waals surface area (Å²) < 4.78 is 18.2. The van der Waals surface area contributed by atoms with Crippen LogP contribution in [-0.2, 0) is 4.74 Å². The predicted molar refractivity (Wildman–Crippen MR) is 45.6 cm³/mol. The average Bonchev–Trinajstić information content (AvgIpc) is 2.89. The first-order chi connectivity index (χ1) is 6.29. The van der Waals surface area contributed by atoms with Gasteiger partial charge in [0.25, 0.3) is 0 Å². The fourth-order valence-electron chi connectivity index (χ4n) is 1.43. The minimum atomic E-state index is -1.01. The molecule has 1 fully saturated rings. The molecule has 3 unspecified atom stereocenters. The Morgan fingerprint density at radius 2 is 2.38 bits per heavy atom. The number of hydrogen-bond acceptors (Lipinski definition) is 2. The molecule has 3 atom stereocenters. The summed E-state index contributed by atoms with van der Waals surface area (Å²) >= 11 is 0. The van der Waals surface area contributed by atoms with E-state index in [2.05, 4.69) is 6.07 Å². The summed E-state index contributed by atoms with van der Waals surface area (Å²) in [5.74, 6) is -0.303. The van der Waals surface area contributed by atoms with Gasteiger partial charge in [0, 0.05) is 6.42 Å². The number of nitriles is 1. The third-order valence-electron chi connectivity index (χ3n) is 2.24. The van der Waals surface area contributed by atoms with Crippen LogP contribution in [0.25, 0.3) is 0 Å². The zero-order valence-electron chi connectivity index (χ0n) is 7.11. The summed E-state index contributed by atoms with van der Waals surface area (Å²) in [6.45, 7) is 0.681. The van der Waals surface area contributed by atoms with Crippen LogP contribution in [0, 0.1) is 17.2 Å². The second kappa shape index (κ2) is 3.31. The summed E-state index contributed by atoms with van der Waals surface area (Å²) in [6, 6.07) is 2.05. The van der Waals surface area contributed by atoms with Crippen LogP contribution in [0.1, 0.15) is 6.42 Å². The summed E-state index contributed by atoms with van der Waals surface area (Å²) in [6.07, 6.45) is 4.46. The first-order valence-corrected chi connectivity index (χ1v) is 4.35. The van der Waals surface area contributed by atoms with Gasteiger partial charge in [0.2, 0.25) is 0 Å². The highest BCUT2D eigenvalue weighted by atomic mass is 19.1. The summed E-state index contributed by atoms with van der Waals surface area (Å²) in [4.78, 5) is 0. The second-order valence-electron chi connectivity index (χ2n) is 3.34. The van der Waals surface area contributed by atoms with E-state index < -0.39 is 6.17 Å². The molecule has 0 amide bonds. The molecule has 0 bridgehead atoms. The van der Waals surface area contributed by atoms with Crippen LogP contribution >= 0.6 is 0 Å². The molecule has 1 saturated heterocycles. The maximum atomic E-state index is 13.2. The van der Waals surface area contributed by atoms with E-state index in [1.807, 2.05) is 6.08 Å². The number of halogens is 1. The molecule has 68 valence electrons. The quantitative estimate of drug-likeness (QED) is 0.575. The van der Waals surface area contributed by atoms with Crippen molar-refractivity contribution in [3.63, 3.8) is 0 Å². The van der Waals surface area contributed by atoms with Crippen LogP contribution in [0.4, 0.5) is 4.39 Å². The van der Waals surface area contributed by atoms with E-state index in [0.717, 1.165) is 5.57 Å². The number of allylic oxidation sites excluding steroid dienone is 2. The van der Waals surface area contributed by atoms with Gasteiger partial charge >= 0.3 is 0 Å². The molecule has 0 aromatic carbocycles. The molecule has 1 aliphatic carbocycles. The molecule has 0 aromatic rings. The van der Waals surface area contributed by atoms with Crippen LogP contribution in [0.2, 0.25) is 0 Å². The van der Waals surface area contributed by atoms with Crippen molar-refractivity contribution in [3.8, 4) is 6.07 Å². The minimum Gasteiger partial charge on any atom is -0.368 e. The molecule has 0 aromatic heterocycles. The zero-order valence-corrected chi connectivity index (χ0v) is 7.11. The van der Waals surface area contributed by atoms with Crippen molar-refractivity contribution in [2.75, 3.05) is 6.61 Å². The van der Waals surface area contributed by atoms with Crippen molar-refractivity contribution in [3.05, 3.63) is 23.8 Å². The van der Waals surface area contributed by atoms with Gasteiger partial charge in [-0.1, -0.05) is 12.2 Å². The van der Waals surface area contributed by atoms with Crippen LogP contribution in [-0.4, -0.2) is 18.9 Å². The SMILES string of the molecule is N#CC1C=CC(C2CO2)=CC(F)C1. The fraction of sp³-hybridized carbons (Fsp3) is 0.500. The molecule has 3 heteroatoms. The summed E-state index contributed by atoms with van der Waals surface area (Å²) in [5.41, 5.74) is 0.880. The fourth-order valence-corrected chi connectivity index (χ4v) is 1.43. The Morgan fingerprint density at radius 3 is 3.00 bits per heavy atom. The topological polar surface area (TPSA) is 36.3 Å². The first kappa shape index (κ1) is 8.46. The number of rotatable bonds is 1. The molecule has 2 rings (SSSR count). The molecule has 0 radical (unpaired) electrons. The minimum absolute atomic E-state index is 0.0759. The largest absolute Gasteiger partial charge is 0.368 e. The van der Waals surface area contributed by atoms with Gasteiger partial charge in [0.15, 0.2) is 0 Å². The van der Waals surface area contributed by atoms with Crippen molar-refractivity contribution in [2.45, 2.75) is 18.7 Å². The summed E-state index contributed by atoms with van der Waals surface area (Å²) in [7, 11) is 0. The number of alkyl halides is 1. The van der Waals surface area contributed by atoms with Gasteiger partial charge in [-0.05, 0) is 11.6 Å². The standard InChI is InChI=1S/C10H10FNO/c11-9-3-7(5-12)1-2-8(4-9)10-6-13-10/h1-2,4,7,9-10H,3,6H2. The van der Waals surface area contributed by atoms with Gasteiger partial charge in [-0.15, -0.1) is 0 Å². The van der Waals surface area contributed by atoms with Gasteiger partial charge in [-0.25, -0.2) is 4.39 Å². The molecule has 1 aliphatic heterocycles. The van der Waals surface area contributed by atoms with Gasteiger partial charge in [-0.2, -0.15) is 5.26 Å². The van der Waals surface area contributed by atoms with Crippen LogP contribution in [0.3, 0.4) is 0 Å². The first-order valence-electron chi connectivity index (χ1n) is 4.35. The third kappa shape index (κ3) is 1.96. The Kier molecular flexibility index (Phi) is 2.15. The van der Waals surface area contributed by atoms with Crippen LogP contribution in [0.5, 0.6) is 0 Å². The van der Waals surface area contributed by atoms with Gasteiger partial charge < -0.3 is 4.74 Å². The molecule has 13 heavy (non-hydrogen) atoms. The Balaban J connectivity index is 2.14. The number of hydrogen-bond donors (Lipinski definition) is 0. The highest BCUT2D eigenvalue weighted by Crippen LogP contribution is 2.26. The predicted octanol–water partition coefficient (Wildman–Crippen LogP) is 1.75. The van der Waals surface area contributed by atoms with E-state index in [-0.39, 0.29) is 18.4 Å². The van der Waals surface area contributed by atoms with Crippen molar-refractivity contribution >= 4 is 0 Å². The molecule has 0 saturated carbocycles.